The Morgan fingerprint density at radius 3 is 2.86 bits per heavy atom. The van der Waals surface area contributed by atoms with E-state index in [0.717, 1.165) is 5.01 Å². The van der Waals surface area contributed by atoms with Crippen LogP contribution in [-0.4, -0.2) is 12.1 Å². The van der Waals surface area contributed by atoms with Crippen LogP contribution in [0.4, 0.5) is 0 Å². The van der Waals surface area contributed by atoms with Crippen LogP contribution in [0.15, 0.2) is 0 Å². The molecule has 1 fully saturated rings. The molecule has 1 heterocycles. The van der Waals surface area contributed by atoms with E-state index in [1.807, 2.05) is 6.92 Å². The highest BCUT2D eigenvalue weighted by molar-refractivity contribution is 7.11. The smallest absolute Gasteiger partial charge is 0.119 e. The molecule has 1 aromatic rings. The minimum Gasteiger partial charge on any atom is -0.378 e. The zero-order valence-corrected chi connectivity index (χ0v) is 9.43. The Labute approximate surface area is 88.3 Å². The summed E-state index contributed by atoms with van der Waals surface area (Å²) < 4.78 is 5.08. The van der Waals surface area contributed by atoms with Gasteiger partial charge in [0, 0.05) is 23.9 Å². The van der Waals surface area contributed by atoms with Crippen LogP contribution < -0.4 is 5.73 Å². The van der Waals surface area contributed by atoms with E-state index in [0.29, 0.717) is 12.5 Å². The second kappa shape index (κ2) is 3.96. The van der Waals surface area contributed by atoms with Crippen molar-refractivity contribution in [1.29, 1.82) is 0 Å². The molecular weight excluding hydrogens is 196 g/mol. The molecule has 14 heavy (non-hydrogen) atoms. The first-order chi connectivity index (χ1) is 6.72. The third kappa shape index (κ3) is 1.97. The maximum atomic E-state index is 5.92. The van der Waals surface area contributed by atoms with Crippen LogP contribution >= 0.6 is 11.3 Å². The molecule has 0 amide bonds. The minimum absolute atomic E-state index is 0.105. The van der Waals surface area contributed by atoms with Crippen molar-refractivity contribution in [1.82, 2.24) is 4.98 Å². The maximum absolute atomic E-state index is 5.92. The molecule has 1 aliphatic rings. The molecule has 78 valence electrons. The van der Waals surface area contributed by atoms with E-state index in [1.165, 1.54) is 23.4 Å². The van der Waals surface area contributed by atoms with Gasteiger partial charge in [0.1, 0.15) is 5.01 Å². The molecule has 2 rings (SSSR count). The van der Waals surface area contributed by atoms with Crippen LogP contribution in [0.5, 0.6) is 0 Å². The van der Waals surface area contributed by atoms with Gasteiger partial charge in [-0.2, -0.15) is 0 Å². The van der Waals surface area contributed by atoms with Crippen molar-refractivity contribution < 1.29 is 4.74 Å². The Morgan fingerprint density at radius 1 is 1.64 bits per heavy atom. The van der Waals surface area contributed by atoms with Gasteiger partial charge in [0.05, 0.1) is 12.3 Å². The molecule has 4 heteroatoms. The van der Waals surface area contributed by atoms with Crippen molar-refractivity contribution in [3.05, 3.63) is 15.6 Å². The molecule has 1 atom stereocenters. The number of methoxy groups -OCH3 is 1. The molecule has 1 unspecified atom stereocenters. The number of hydrogen-bond acceptors (Lipinski definition) is 4. The first-order valence-corrected chi connectivity index (χ1v) is 5.78. The zero-order chi connectivity index (χ0) is 10.1. The first kappa shape index (κ1) is 10.1. The second-order valence-electron chi connectivity index (χ2n) is 3.85. The van der Waals surface area contributed by atoms with E-state index in [4.69, 9.17) is 10.5 Å². The summed E-state index contributed by atoms with van der Waals surface area (Å²) in [5.74, 6) is 0.679. The Morgan fingerprint density at radius 2 is 2.36 bits per heavy atom. The average Bonchev–Trinajstić information content (AvgIpc) is 2.88. The molecule has 0 bridgehead atoms. The highest BCUT2D eigenvalue weighted by Gasteiger charge is 2.30. The van der Waals surface area contributed by atoms with Gasteiger partial charge in [-0.25, -0.2) is 4.98 Å². The lowest BCUT2D eigenvalue weighted by molar-refractivity contribution is 0.184. The maximum Gasteiger partial charge on any atom is 0.119 e. The number of thiazole rings is 1. The van der Waals surface area contributed by atoms with E-state index in [1.54, 1.807) is 18.4 Å². The fraction of sp³-hybridized carbons (Fsp3) is 0.700. The van der Waals surface area contributed by atoms with Gasteiger partial charge in [-0.1, -0.05) is 0 Å². The second-order valence-corrected chi connectivity index (χ2v) is 4.97. The third-order valence-corrected chi connectivity index (χ3v) is 3.62. The molecule has 1 aliphatic carbocycles. The van der Waals surface area contributed by atoms with Gasteiger partial charge in [0.15, 0.2) is 0 Å². The molecule has 3 nitrogen and oxygen atoms in total. The fourth-order valence-electron chi connectivity index (χ4n) is 1.55. The quantitative estimate of drug-likeness (QED) is 0.832. The number of aromatic nitrogens is 1. The van der Waals surface area contributed by atoms with Crippen molar-refractivity contribution in [2.75, 3.05) is 7.11 Å². The first-order valence-electron chi connectivity index (χ1n) is 4.96. The van der Waals surface area contributed by atoms with Crippen molar-refractivity contribution >= 4 is 11.3 Å². The minimum atomic E-state index is 0.105. The van der Waals surface area contributed by atoms with Crippen molar-refractivity contribution in [2.24, 2.45) is 5.73 Å². The van der Waals surface area contributed by atoms with Crippen LogP contribution in [-0.2, 0) is 11.3 Å². The van der Waals surface area contributed by atoms with E-state index in [2.05, 4.69) is 4.98 Å². The molecule has 0 saturated heterocycles. The normalized spacial score (nSPS) is 18.5. The summed E-state index contributed by atoms with van der Waals surface area (Å²) in [7, 11) is 1.70. The summed E-state index contributed by atoms with van der Waals surface area (Å²) in [6.45, 7) is 2.63. The standard InChI is InChI=1S/C10H16N2OS/c1-6(11)10-9(7-3-4-7)12-8(14-10)5-13-2/h6-7H,3-5,11H2,1-2H3. The predicted octanol–water partition coefficient (Wildman–Crippen LogP) is 2.19. The summed E-state index contributed by atoms with van der Waals surface area (Å²) >= 11 is 1.70. The van der Waals surface area contributed by atoms with Gasteiger partial charge in [0.25, 0.3) is 0 Å². The lowest BCUT2D eigenvalue weighted by Gasteiger charge is -2.02. The Hall–Kier alpha value is -0.450. The van der Waals surface area contributed by atoms with Crippen LogP contribution in [0.3, 0.4) is 0 Å². The largest absolute Gasteiger partial charge is 0.378 e. The highest BCUT2D eigenvalue weighted by Crippen LogP contribution is 2.44. The SMILES string of the molecule is COCc1nc(C2CC2)c(C(C)N)s1. The zero-order valence-electron chi connectivity index (χ0n) is 8.62. The lowest BCUT2D eigenvalue weighted by Crippen LogP contribution is -2.05. The number of rotatable bonds is 4. The van der Waals surface area contributed by atoms with Crippen LogP contribution in [0.25, 0.3) is 0 Å². The van der Waals surface area contributed by atoms with Gasteiger partial charge < -0.3 is 10.5 Å². The summed E-state index contributed by atoms with van der Waals surface area (Å²) in [5, 5.41) is 1.06. The molecule has 1 aromatic heterocycles. The van der Waals surface area contributed by atoms with Gasteiger partial charge in [0.2, 0.25) is 0 Å². The molecule has 0 radical (unpaired) electrons. The Kier molecular flexibility index (Phi) is 2.85. The highest BCUT2D eigenvalue weighted by atomic mass is 32.1. The third-order valence-electron chi connectivity index (χ3n) is 2.37. The van der Waals surface area contributed by atoms with Crippen molar-refractivity contribution in [2.45, 2.75) is 38.3 Å². The number of nitrogens with two attached hydrogens (primary N) is 1. The molecular formula is C10H16N2OS. The van der Waals surface area contributed by atoms with E-state index < -0.39 is 0 Å². The van der Waals surface area contributed by atoms with Gasteiger partial charge in [-0.3, -0.25) is 0 Å². The van der Waals surface area contributed by atoms with E-state index in [9.17, 15) is 0 Å². The van der Waals surface area contributed by atoms with Crippen molar-refractivity contribution in [3.63, 3.8) is 0 Å². The molecule has 0 aromatic carbocycles. The van der Waals surface area contributed by atoms with Gasteiger partial charge in [-0.15, -0.1) is 11.3 Å². The van der Waals surface area contributed by atoms with Crippen LogP contribution in [0, 0.1) is 0 Å². The Balaban J connectivity index is 2.25. The monoisotopic (exact) mass is 212 g/mol. The fourth-order valence-corrected chi connectivity index (χ4v) is 2.63. The number of ether oxygens (including phenoxy) is 1. The molecule has 0 spiro atoms. The molecule has 2 N–H and O–H groups in total. The van der Waals surface area contributed by atoms with E-state index >= 15 is 0 Å². The number of nitrogens with zero attached hydrogens (tertiary/aromatic N) is 1. The van der Waals surface area contributed by atoms with Crippen molar-refractivity contribution in [3.8, 4) is 0 Å². The Bertz CT molecular complexity index is 298. The van der Waals surface area contributed by atoms with Crippen LogP contribution in [0.2, 0.25) is 0 Å². The topological polar surface area (TPSA) is 48.1 Å². The summed E-state index contributed by atoms with van der Waals surface area (Å²) in [4.78, 5) is 5.85. The lowest BCUT2D eigenvalue weighted by atomic mass is 10.2. The summed E-state index contributed by atoms with van der Waals surface area (Å²) in [5.41, 5.74) is 7.15. The van der Waals surface area contributed by atoms with Gasteiger partial charge in [-0.05, 0) is 19.8 Å². The molecule has 1 saturated carbocycles. The molecule has 0 aliphatic heterocycles. The van der Waals surface area contributed by atoms with E-state index in [-0.39, 0.29) is 6.04 Å². The van der Waals surface area contributed by atoms with Gasteiger partial charge >= 0.3 is 0 Å². The summed E-state index contributed by atoms with van der Waals surface area (Å²) in [6.07, 6.45) is 2.55. The van der Waals surface area contributed by atoms with Crippen LogP contribution in [0.1, 0.15) is 47.3 Å². The summed E-state index contributed by atoms with van der Waals surface area (Å²) in [6, 6.07) is 0.105. The average molecular weight is 212 g/mol. The predicted molar refractivity (Wildman–Crippen MR) is 57.4 cm³/mol. The number of hydrogen-bond donors (Lipinski definition) is 1.